The van der Waals surface area contributed by atoms with Crippen molar-refractivity contribution in [1.29, 1.82) is 0 Å². The van der Waals surface area contributed by atoms with E-state index in [2.05, 4.69) is 15.7 Å². The lowest BCUT2D eigenvalue weighted by molar-refractivity contribution is 0.126. The maximum atomic E-state index is 11.9. The van der Waals surface area contributed by atoms with Crippen LogP contribution in [0, 0.1) is 12.8 Å². The second kappa shape index (κ2) is 7.48. The van der Waals surface area contributed by atoms with E-state index >= 15 is 0 Å². The number of carbonyl (C=O) groups is 1. The highest BCUT2D eigenvalue weighted by Gasteiger charge is 2.13. The first-order valence-corrected chi connectivity index (χ1v) is 7.80. The van der Waals surface area contributed by atoms with Gasteiger partial charge in [-0.15, -0.1) is 5.10 Å². The number of benzene rings is 1. The summed E-state index contributed by atoms with van der Waals surface area (Å²) >= 11 is 6.15. The van der Waals surface area contributed by atoms with E-state index in [9.17, 15) is 9.90 Å². The first-order chi connectivity index (χ1) is 10.9. The Morgan fingerprint density at radius 1 is 1.39 bits per heavy atom. The monoisotopic (exact) mass is 336 g/mol. The summed E-state index contributed by atoms with van der Waals surface area (Å²) in [7, 11) is 0. The Hall–Kier alpha value is -2.05. The summed E-state index contributed by atoms with van der Waals surface area (Å²) < 4.78 is 1.62. The summed E-state index contributed by atoms with van der Waals surface area (Å²) in [4.78, 5) is 11.9. The molecule has 3 N–H and O–H groups in total. The fourth-order valence-electron chi connectivity index (χ4n) is 1.93. The van der Waals surface area contributed by atoms with Crippen LogP contribution in [0.5, 0.6) is 0 Å². The van der Waals surface area contributed by atoms with Crippen molar-refractivity contribution >= 4 is 23.4 Å². The number of para-hydroxylation sites is 1. The number of amides is 2. The maximum Gasteiger partial charge on any atom is 0.320 e. The van der Waals surface area contributed by atoms with E-state index in [0.29, 0.717) is 10.8 Å². The molecule has 23 heavy (non-hydrogen) atoms. The lowest BCUT2D eigenvalue weighted by Gasteiger charge is -2.15. The van der Waals surface area contributed by atoms with Gasteiger partial charge in [-0.3, -0.25) is 5.32 Å². The molecule has 0 aliphatic carbocycles. The SMILES string of the molecule is Cc1cn(-c2ccccc2Cl)nc1NC(=O)NCC(O)C(C)C. The molecule has 0 aliphatic rings. The zero-order valence-corrected chi connectivity index (χ0v) is 14.1. The first-order valence-electron chi connectivity index (χ1n) is 7.42. The zero-order chi connectivity index (χ0) is 17.0. The number of nitrogens with one attached hydrogen (secondary N) is 2. The molecule has 7 heteroatoms. The van der Waals surface area contributed by atoms with E-state index in [1.807, 2.05) is 39.0 Å². The Labute approximate surface area is 140 Å². The van der Waals surface area contributed by atoms with Crippen LogP contribution in [0.25, 0.3) is 5.69 Å². The highest BCUT2D eigenvalue weighted by Crippen LogP contribution is 2.22. The van der Waals surface area contributed by atoms with Gasteiger partial charge >= 0.3 is 6.03 Å². The van der Waals surface area contributed by atoms with Gasteiger partial charge in [0, 0.05) is 18.3 Å². The molecule has 0 bridgehead atoms. The molecule has 0 saturated carbocycles. The molecule has 6 nitrogen and oxygen atoms in total. The van der Waals surface area contributed by atoms with Crippen molar-refractivity contribution in [1.82, 2.24) is 15.1 Å². The van der Waals surface area contributed by atoms with Crippen LogP contribution in [0.2, 0.25) is 5.02 Å². The second-order valence-electron chi connectivity index (χ2n) is 5.70. The van der Waals surface area contributed by atoms with Crippen LogP contribution in [0.3, 0.4) is 0 Å². The molecule has 0 aliphatic heterocycles. The Kier molecular flexibility index (Phi) is 5.63. The van der Waals surface area contributed by atoms with Crippen molar-refractivity contribution in [3.05, 3.63) is 41.0 Å². The van der Waals surface area contributed by atoms with Gasteiger partial charge in [0.1, 0.15) is 0 Å². The van der Waals surface area contributed by atoms with Crippen molar-refractivity contribution in [2.24, 2.45) is 5.92 Å². The van der Waals surface area contributed by atoms with Crippen LogP contribution in [0.15, 0.2) is 30.5 Å². The Bertz CT molecular complexity index is 684. The summed E-state index contributed by atoms with van der Waals surface area (Å²) in [6.07, 6.45) is 1.21. The first kappa shape index (κ1) is 17.3. The number of anilines is 1. The summed E-state index contributed by atoms with van der Waals surface area (Å²) in [5.74, 6) is 0.526. The number of aliphatic hydroxyl groups excluding tert-OH is 1. The number of aliphatic hydroxyl groups is 1. The molecule has 1 aromatic heterocycles. The summed E-state index contributed by atoms with van der Waals surface area (Å²) in [5.41, 5.74) is 1.55. The van der Waals surface area contributed by atoms with E-state index in [1.54, 1.807) is 16.9 Å². The molecule has 0 saturated heterocycles. The number of carbonyl (C=O) groups excluding carboxylic acids is 1. The van der Waals surface area contributed by atoms with Gasteiger partial charge < -0.3 is 10.4 Å². The van der Waals surface area contributed by atoms with E-state index in [4.69, 9.17) is 11.6 Å². The van der Waals surface area contributed by atoms with Gasteiger partial charge in [-0.2, -0.15) is 0 Å². The molecule has 1 heterocycles. The molecule has 2 aromatic rings. The molecular formula is C16H21ClN4O2. The van der Waals surface area contributed by atoms with Crippen LogP contribution in [-0.4, -0.2) is 33.6 Å². The predicted molar refractivity (Wildman–Crippen MR) is 91.2 cm³/mol. The molecule has 1 atom stereocenters. The van der Waals surface area contributed by atoms with Crippen molar-refractivity contribution in [3.63, 3.8) is 0 Å². The zero-order valence-electron chi connectivity index (χ0n) is 13.4. The van der Waals surface area contributed by atoms with E-state index in [-0.39, 0.29) is 12.5 Å². The lowest BCUT2D eigenvalue weighted by atomic mass is 10.1. The average molecular weight is 337 g/mol. The minimum Gasteiger partial charge on any atom is -0.391 e. The third-order valence-corrected chi connectivity index (χ3v) is 3.79. The van der Waals surface area contributed by atoms with E-state index < -0.39 is 12.1 Å². The Morgan fingerprint density at radius 2 is 2.09 bits per heavy atom. The van der Waals surface area contributed by atoms with Gasteiger partial charge in [0.25, 0.3) is 0 Å². The van der Waals surface area contributed by atoms with Crippen LogP contribution in [-0.2, 0) is 0 Å². The average Bonchev–Trinajstić information content (AvgIpc) is 2.86. The lowest BCUT2D eigenvalue weighted by Crippen LogP contribution is -2.37. The molecule has 0 fully saturated rings. The van der Waals surface area contributed by atoms with Gasteiger partial charge in [-0.1, -0.05) is 37.6 Å². The van der Waals surface area contributed by atoms with Crippen LogP contribution in [0.1, 0.15) is 19.4 Å². The van der Waals surface area contributed by atoms with Crippen molar-refractivity contribution in [2.45, 2.75) is 26.9 Å². The third kappa shape index (κ3) is 4.46. The smallest absolute Gasteiger partial charge is 0.320 e. The van der Waals surface area contributed by atoms with Crippen molar-refractivity contribution in [3.8, 4) is 5.69 Å². The molecule has 1 aromatic carbocycles. The molecule has 1 unspecified atom stereocenters. The predicted octanol–water partition coefficient (Wildman–Crippen LogP) is 2.97. The standard InChI is InChI=1S/C16H21ClN4O2/c1-10(2)14(22)8-18-16(23)19-15-11(3)9-21(20-15)13-7-5-4-6-12(13)17/h4-7,9-10,14,22H,8H2,1-3H3,(H2,18,19,20,23). The minimum atomic E-state index is -0.581. The Balaban J connectivity index is 2.04. The van der Waals surface area contributed by atoms with Crippen LogP contribution in [0.4, 0.5) is 10.6 Å². The quantitative estimate of drug-likeness (QED) is 0.785. The number of aromatic nitrogens is 2. The van der Waals surface area contributed by atoms with Gasteiger partial charge in [0.2, 0.25) is 0 Å². The number of urea groups is 1. The van der Waals surface area contributed by atoms with E-state index in [0.717, 1.165) is 11.3 Å². The molecule has 2 rings (SSSR count). The van der Waals surface area contributed by atoms with Crippen molar-refractivity contribution < 1.29 is 9.90 Å². The number of aryl methyl sites for hydroxylation is 1. The molecule has 0 radical (unpaired) electrons. The Morgan fingerprint density at radius 3 is 2.74 bits per heavy atom. The highest BCUT2D eigenvalue weighted by molar-refractivity contribution is 6.32. The van der Waals surface area contributed by atoms with Gasteiger partial charge in [0.15, 0.2) is 5.82 Å². The summed E-state index contributed by atoms with van der Waals surface area (Å²) in [6, 6.07) is 6.93. The molecule has 124 valence electrons. The normalized spacial score (nSPS) is 12.3. The van der Waals surface area contributed by atoms with Crippen LogP contribution >= 0.6 is 11.6 Å². The van der Waals surface area contributed by atoms with Crippen molar-refractivity contribution in [2.75, 3.05) is 11.9 Å². The summed E-state index contributed by atoms with van der Waals surface area (Å²) in [5, 5.41) is 19.9. The largest absolute Gasteiger partial charge is 0.391 e. The molecular weight excluding hydrogens is 316 g/mol. The number of rotatable bonds is 5. The fourth-order valence-corrected chi connectivity index (χ4v) is 2.15. The van der Waals surface area contributed by atoms with Gasteiger partial charge in [-0.05, 0) is 25.0 Å². The fraction of sp³-hybridized carbons (Fsp3) is 0.375. The minimum absolute atomic E-state index is 0.0801. The summed E-state index contributed by atoms with van der Waals surface area (Å²) in [6.45, 7) is 5.81. The number of hydrogen-bond acceptors (Lipinski definition) is 3. The number of hydrogen-bond donors (Lipinski definition) is 3. The highest BCUT2D eigenvalue weighted by atomic mass is 35.5. The van der Waals surface area contributed by atoms with E-state index in [1.165, 1.54) is 0 Å². The number of nitrogens with zero attached hydrogens (tertiary/aromatic N) is 2. The topological polar surface area (TPSA) is 79.2 Å². The van der Waals surface area contributed by atoms with Crippen LogP contribution < -0.4 is 10.6 Å². The third-order valence-electron chi connectivity index (χ3n) is 3.47. The van der Waals surface area contributed by atoms with Gasteiger partial charge in [-0.25, -0.2) is 9.48 Å². The molecule has 0 spiro atoms. The molecule has 2 amide bonds. The maximum absolute atomic E-state index is 11.9. The number of halogens is 1. The van der Waals surface area contributed by atoms with Gasteiger partial charge in [0.05, 0.1) is 16.8 Å². The second-order valence-corrected chi connectivity index (χ2v) is 6.11.